The number of aliphatic hydroxyl groups is 1. The maximum atomic E-state index is 12.5. The molecule has 2 aliphatic rings. The highest BCUT2D eigenvalue weighted by atomic mass is 79.9. The second kappa shape index (κ2) is 5.08. The van der Waals surface area contributed by atoms with Crippen LogP contribution in [0.1, 0.15) is 23.2 Å². The Hall–Kier alpha value is -0.580. The SMILES string of the molecule is O=C(c1cc(Br)ccc1Cl)N1CC2CCC(O)C2C1. The van der Waals surface area contributed by atoms with E-state index in [1.165, 1.54) is 0 Å². The maximum absolute atomic E-state index is 12.5. The number of likely N-dealkylation sites (tertiary alicyclic amines) is 1. The van der Waals surface area contributed by atoms with Gasteiger partial charge in [0.15, 0.2) is 0 Å². The molecular weight excluding hydrogens is 330 g/mol. The molecule has 1 aliphatic carbocycles. The molecule has 1 amide bonds. The minimum atomic E-state index is -0.249. The second-order valence-corrected chi connectivity index (χ2v) is 6.73. The molecule has 2 fully saturated rings. The van der Waals surface area contributed by atoms with Crippen LogP contribution >= 0.6 is 27.5 Å². The van der Waals surface area contributed by atoms with Crippen LogP contribution in [0.25, 0.3) is 0 Å². The molecule has 1 N–H and O–H groups in total. The Balaban J connectivity index is 1.80. The van der Waals surface area contributed by atoms with E-state index in [1.54, 1.807) is 12.1 Å². The molecule has 19 heavy (non-hydrogen) atoms. The summed E-state index contributed by atoms with van der Waals surface area (Å²) < 4.78 is 0.847. The first-order chi connectivity index (χ1) is 9.06. The monoisotopic (exact) mass is 343 g/mol. The molecule has 3 atom stereocenters. The molecule has 1 aliphatic heterocycles. The van der Waals surface area contributed by atoms with E-state index in [0.717, 1.165) is 23.9 Å². The van der Waals surface area contributed by atoms with Gasteiger partial charge in [-0.15, -0.1) is 0 Å². The molecule has 0 bridgehead atoms. The highest BCUT2D eigenvalue weighted by Crippen LogP contribution is 2.39. The van der Waals surface area contributed by atoms with Gasteiger partial charge in [0.1, 0.15) is 0 Å². The van der Waals surface area contributed by atoms with Crippen molar-refractivity contribution in [3.05, 3.63) is 33.3 Å². The average Bonchev–Trinajstić information content (AvgIpc) is 2.94. The first kappa shape index (κ1) is 13.4. The van der Waals surface area contributed by atoms with Gasteiger partial charge in [-0.25, -0.2) is 0 Å². The van der Waals surface area contributed by atoms with E-state index in [9.17, 15) is 9.90 Å². The van der Waals surface area contributed by atoms with Gasteiger partial charge in [0, 0.05) is 23.5 Å². The number of carbonyl (C=O) groups excluding carboxylic acids is 1. The van der Waals surface area contributed by atoms with Gasteiger partial charge in [-0.3, -0.25) is 4.79 Å². The minimum Gasteiger partial charge on any atom is -0.393 e. The van der Waals surface area contributed by atoms with Crippen molar-refractivity contribution in [1.82, 2.24) is 4.90 Å². The molecule has 5 heteroatoms. The molecule has 1 saturated heterocycles. The standard InChI is InChI=1S/C14H15BrClNO2/c15-9-2-3-12(16)10(5-9)14(19)17-6-8-1-4-13(18)11(8)7-17/h2-3,5,8,11,13,18H,1,4,6-7H2. The van der Waals surface area contributed by atoms with Gasteiger partial charge in [-0.05, 0) is 37.0 Å². The Morgan fingerprint density at radius 1 is 1.37 bits per heavy atom. The van der Waals surface area contributed by atoms with Gasteiger partial charge in [0.05, 0.1) is 16.7 Å². The van der Waals surface area contributed by atoms with E-state index >= 15 is 0 Å². The lowest BCUT2D eigenvalue weighted by Crippen LogP contribution is -2.31. The second-order valence-electron chi connectivity index (χ2n) is 5.40. The largest absolute Gasteiger partial charge is 0.393 e. The van der Waals surface area contributed by atoms with Gasteiger partial charge in [-0.1, -0.05) is 27.5 Å². The summed E-state index contributed by atoms with van der Waals surface area (Å²) in [7, 11) is 0. The number of halogens is 2. The van der Waals surface area contributed by atoms with Crippen LogP contribution in [-0.2, 0) is 0 Å². The summed E-state index contributed by atoms with van der Waals surface area (Å²) in [5, 5.41) is 10.4. The fraction of sp³-hybridized carbons (Fsp3) is 0.500. The summed E-state index contributed by atoms with van der Waals surface area (Å²) in [6, 6.07) is 5.31. The molecule has 1 aromatic rings. The van der Waals surface area contributed by atoms with Gasteiger partial charge >= 0.3 is 0 Å². The van der Waals surface area contributed by atoms with Crippen molar-refractivity contribution >= 4 is 33.4 Å². The van der Waals surface area contributed by atoms with Crippen molar-refractivity contribution in [1.29, 1.82) is 0 Å². The maximum Gasteiger partial charge on any atom is 0.255 e. The molecule has 0 radical (unpaired) electrons. The summed E-state index contributed by atoms with van der Waals surface area (Å²) in [5.41, 5.74) is 0.533. The van der Waals surface area contributed by atoms with Gasteiger partial charge in [0.25, 0.3) is 5.91 Å². The highest BCUT2D eigenvalue weighted by molar-refractivity contribution is 9.10. The van der Waals surface area contributed by atoms with Crippen molar-refractivity contribution < 1.29 is 9.90 Å². The first-order valence-electron chi connectivity index (χ1n) is 6.48. The van der Waals surface area contributed by atoms with Gasteiger partial charge in [0.2, 0.25) is 0 Å². The Kier molecular flexibility index (Phi) is 3.58. The lowest BCUT2D eigenvalue weighted by molar-refractivity contribution is 0.0752. The summed E-state index contributed by atoms with van der Waals surface area (Å²) in [6.07, 6.45) is 1.64. The predicted octanol–water partition coefficient (Wildman–Crippen LogP) is 2.95. The summed E-state index contributed by atoms with van der Waals surface area (Å²) in [6.45, 7) is 1.39. The van der Waals surface area contributed by atoms with E-state index in [1.807, 2.05) is 11.0 Å². The number of nitrogens with zero attached hydrogens (tertiary/aromatic N) is 1. The Morgan fingerprint density at radius 3 is 2.89 bits per heavy atom. The van der Waals surface area contributed by atoms with Crippen LogP contribution in [0.5, 0.6) is 0 Å². The normalized spacial score (nSPS) is 29.6. The number of carbonyl (C=O) groups is 1. The van der Waals surface area contributed by atoms with Crippen molar-refractivity contribution in [3.63, 3.8) is 0 Å². The molecule has 1 aromatic carbocycles. The van der Waals surface area contributed by atoms with Crippen LogP contribution in [0.2, 0.25) is 5.02 Å². The van der Waals surface area contributed by atoms with Crippen LogP contribution in [0.15, 0.2) is 22.7 Å². The molecule has 3 nitrogen and oxygen atoms in total. The number of rotatable bonds is 1. The Morgan fingerprint density at radius 2 is 2.16 bits per heavy atom. The number of aliphatic hydroxyl groups excluding tert-OH is 1. The summed E-state index contributed by atoms with van der Waals surface area (Å²) in [5.74, 6) is 0.660. The number of hydrogen-bond donors (Lipinski definition) is 1. The van der Waals surface area contributed by atoms with Crippen LogP contribution in [0.3, 0.4) is 0 Å². The van der Waals surface area contributed by atoms with Gasteiger partial charge in [-0.2, -0.15) is 0 Å². The van der Waals surface area contributed by atoms with E-state index in [2.05, 4.69) is 15.9 Å². The molecule has 3 unspecified atom stereocenters. The third-order valence-corrected chi connectivity index (χ3v) is 5.09. The van der Waals surface area contributed by atoms with Crippen LogP contribution in [-0.4, -0.2) is 35.1 Å². The van der Waals surface area contributed by atoms with Crippen LogP contribution < -0.4 is 0 Å². The summed E-state index contributed by atoms with van der Waals surface area (Å²) in [4.78, 5) is 14.3. The number of amides is 1. The van der Waals surface area contributed by atoms with Crippen molar-refractivity contribution in [2.24, 2.45) is 11.8 Å². The zero-order valence-corrected chi connectivity index (χ0v) is 12.7. The topological polar surface area (TPSA) is 40.5 Å². The number of benzene rings is 1. The lowest BCUT2D eigenvalue weighted by Gasteiger charge is -2.19. The molecule has 3 rings (SSSR count). The Labute approximate surface area is 125 Å². The fourth-order valence-corrected chi connectivity index (χ4v) is 3.79. The summed E-state index contributed by atoms with van der Waals surface area (Å²) >= 11 is 9.46. The zero-order valence-electron chi connectivity index (χ0n) is 10.4. The highest BCUT2D eigenvalue weighted by Gasteiger charge is 2.43. The van der Waals surface area contributed by atoms with E-state index in [4.69, 9.17) is 11.6 Å². The smallest absolute Gasteiger partial charge is 0.255 e. The molecule has 1 saturated carbocycles. The van der Waals surface area contributed by atoms with E-state index < -0.39 is 0 Å². The fourth-order valence-electron chi connectivity index (χ4n) is 3.23. The van der Waals surface area contributed by atoms with Crippen molar-refractivity contribution in [2.45, 2.75) is 18.9 Å². The number of hydrogen-bond acceptors (Lipinski definition) is 2. The van der Waals surface area contributed by atoms with Crippen molar-refractivity contribution in [3.8, 4) is 0 Å². The molecule has 1 heterocycles. The molecule has 0 spiro atoms. The van der Waals surface area contributed by atoms with Gasteiger partial charge < -0.3 is 10.0 Å². The van der Waals surface area contributed by atoms with Crippen LogP contribution in [0.4, 0.5) is 0 Å². The lowest BCUT2D eigenvalue weighted by atomic mass is 10.00. The van der Waals surface area contributed by atoms with E-state index in [0.29, 0.717) is 23.0 Å². The zero-order chi connectivity index (χ0) is 13.6. The van der Waals surface area contributed by atoms with Crippen LogP contribution in [0, 0.1) is 11.8 Å². The third kappa shape index (κ3) is 2.41. The molecular formula is C14H15BrClNO2. The predicted molar refractivity (Wildman–Crippen MR) is 77.3 cm³/mol. The first-order valence-corrected chi connectivity index (χ1v) is 7.66. The minimum absolute atomic E-state index is 0.0344. The third-order valence-electron chi connectivity index (χ3n) is 4.27. The molecule has 102 valence electrons. The number of fused-ring (bicyclic) bond motifs is 1. The quantitative estimate of drug-likeness (QED) is 0.851. The Bertz CT molecular complexity index is 522. The molecule has 0 aromatic heterocycles. The van der Waals surface area contributed by atoms with Crippen molar-refractivity contribution in [2.75, 3.05) is 13.1 Å². The van der Waals surface area contributed by atoms with E-state index in [-0.39, 0.29) is 17.9 Å². The average molecular weight is 345 g/mol.